The van der Waals surface area contributed by atoms with Gasteiger partial charge in [0.2, 0.25) is 0 Å². The van der Waals surface area contributed by atoms with Crippen LogP contribution in [0.2, 0.25) is 0 Å². The van der Waals surface area contributed by atoms with Crippen molar-refractivity contribution in [2.24, 2.45) is 22.7 Å². The molecule has 0 radical (unpaired) electrons. The number of halogens is 3. The van der Waals surface area contributed by atoms with Gasteiger partial charge in [0.1, 0.15) is 5.75 Å². The normalized spacial score (nSPS) is 31.2. The van der Waals surface area contributed by atoms with E-state index in [1.165, 1.54) is 24.0 Å². The number of Topliss-reactive ketones (excluding diaryl/α,β-unsaturated/α-hetero) is 1. The molecule has 2 fully saturated rings. The zero-order chi connectivity index (χ0) is 28.9. The Labute approximate surface area is 232 Å². The first kappa shape index (κ1) is 28.2. The number of hydrogen-bond acceptors (Lipinski definition) is 5. The van der Waals surface area contributed by atoms with Crippen molar-refractivity contribution in [3.63, 3.8) is 0 Å². The fourth-order valence-electron chi connectivity index (χ4n) is 8.02. The van der Waals surface area contributed by atoms with E-state index in [4.69, 9.17) is 9.47 Å². The molecule has 0 heterocycles. The van der Waals surface area contributed by atoms with E-state index in [1.807, 2.05) is 31.2 Å². The topological polar surface area (TPSA) is 69.7 Å². The number of ether oxygens (including phenoxy) is 2. The van der Waals surface area contributed by atoms with Crippen molar-refractivity contribution in [3.05, 3.63) is 52.6 Å². The number of hydrogen-bond donors (Lipinski definition) is 0. The first-order valence-corrected chi connectivity index (χ1v) is 13.8. The fourth-order valence-corrected chi connectivity index (χ4v) is 8.02. The molecule has 4 aliphatic carbocycles. The van der Waals surface area contributed by atoms with Crippen LogP contribution in [0.15, 0.2) is 47.1 Å². The van der Waals surface area contributed by atoms with Gasteiger partial charge in [0.15, 0.2) is 18.2 Å². The van der Waals surface area contributed by atoms with E-state index in [-0.39, 0.29) is 30.0 Å². The zero-order valence-corrected chi connectivity index (χ0v) is 23.0. The Bertz CT molecular complexity index is 1360. The van der Waals surface area contributed by atoms with Crippen molar-refractivity contribution in [2.45, 2.75) is 70.9 Å². The van der Waals surface area contributed by atoms with Crippen molar-refractivity contribution in [1.82, 2.24) is 0 Å². The van der Waals surface area contributed by atoms with Gasteiger partial charge < -0.3 is 9.47 Å². The molecule has 40 heavy (non-hydrogen) atoms. The SMILES string of the molecule is COc1ccc([C@H]2C[C@@]3(C)[C@@H](CC[C@]3(C#CC(F)(F)F)C(=O)COC(C)=O)[C@@H]3CCC4=CC(=O)CCC4=C32)cc1. The average Bonchev–Trinajstić information content (AvgIpc) is 3.22. The minimum absolute atomic E-state index is 0.0438. The number of methoxy groups -OCH3 is 1. The van der Waals surface area contributed by atoms with E-state index in [0.29, 0.717) is 31.4 Å². The highest BCUT2D eigenvalue weighted by molar-refractivity contribution is 5.93. The largest absolute Gasteiger partial charge is 0.497 e. The second-order valence-electron chi connectivity index (χ2n) is 11.7. The highest BCUT2D eigenvalue weighted by Gasteiger charge is 2.65. The molecule has 0 unspecified atom stereocenters. The smallest absolute Gasteiger partial charge is 0.457 e. The van der Waals surface area contributed by atoms with Crippen molar-refractivity contribution >= 4 is 17.5 Å². The van der Waals surface area contributed by atoms with Crippen LogP contribution in [0.25, 0.3) is 0 Å². The maximum atomic E-state index is 13.8. The van der Waals surface area contributed by atoms with Crippen molar-refractivity contribution < 1.29 is 37.0 Å². The Kier molecular flexibility index (Phi) is 7.22. The molecule has 0 saturated heterocycles. The molecule has 5 rings (SSSR count). The summed E-state index contributed by atoms with van der Waals surface area (Å²) in [5.74, 6) is 3.24. The molecule has 8 heteroatoms. The standard InChI is InChI=1S/C32H33F3O5/c1-19(36)40-18-28(38)31(14-15-32(33,34)35)13-12-27-25-10-6-21-16-22(37)7-11-24(21)29(25)26(17-30(27,31)2)20-4-8-23(39-3)9-5-20/h4-5,8-9,16,25-27H,6-7,10-13,17-18H2,1-3H3/t25-,26+,27-,30-,31-/m0/s1. The van der Waals surface area contributed by atoms with Crippen molar-refractivity contribution in [3.8, 4) is 17.6 Å². The molecule has 212 valence electrons. The van der Waals surface area contributed by atoms with E-state index in [2.05, 4.69) is 5.92 Å². The van der Waals surface area contributed by atoms with Gasteiger partial charge in [0.05, 0.1) is 12.5 Å². The van der Waals surface area contributed by atoms with E-state index < -0.39 is 35.4 Å². The Balaban J connectivity index is 1.68. The molecule has 1 aromatic carbocycles. The summed E-state index contributed by atoms with van der Waals surface area (Å²) in [5, 5.41) is 0. The minimum atomic E-state index is -4.76. The molecule has 0 amide bonds. The molecule has 0 spiro atoms. The van der Waals surface area contributed by atoms with Crippen LogP contribution in [0.4, 0.5) is 13.2 Å². The van der Waals surface area contributed by atoms with Gasteiger partial charge in [0, 0.05) is 25.2 Å². The molecule has 0 N–H and O–H groups in total. The second-order valence-corrected chi connectivity index (χ2v) is 11.7. The van der Waals surface area contributed by atoms with Gasteiger partial charge in [0.25, 0.3) is 0 Å². The van der Waals surface area contributed by atoms with E-state index in [9.17, 15) is 27.6 Å². The van der Waals surface area contributed by atoms with E-state index in [1.54, 1.807) is 13.2 Å². The van der Waals surface area contributed by atoms with Crippen LogP contribution in [0.1, 0.15) is 70.3 Å². The zero-order valence-electron chi connectivity index (χ0n) is 23.0. The van der Waals surface area contributed by atoms with E-state index in [0.717, 1.165) is 24.0 Å². The summed E-state index contributed by atoms with van der Waals surface area (Å²) in [6.07, 6.45) is 0.697. The van der Waals surface area contributed by atoms with Crippen LogP contribution in [0.3, 0.4) is 0 Å². The van der Waals surface area contributed by atoms with E-state index >= 15 is 0 Å². The van der Waals surface area contributed by atoms with Gasteiger partial charge in [-0.1, -0.05) is 30.6 Å². The van der Waals surface area contributed by atoms with Gasteiger partial charge in [-0.05, 0) is 90.7 Å². The average molecular weight is 555 g/mol. The Hall–Kier alpha value is -3.34. The first-order chi connectivity index (χ1) is 18.9. The molecule has 5 atom stereocenters. The fraction of sp³-hybridized carbons (Fsp3) is 0.531. The molecular weight excluding hydrogens is 521 g/mol. The maximum absolute atomic E-state index is 13.8. The summed E-state index contributed by atoms with van der Waals surface area (Å²) in [6.45, 7) is 2.47. The highest BCUT2D eigenvalue weighted by atomic mass is 19.4. The minimum Gasteiger partial charge on any atom is -0.497 e. The van der Waals surface area contributed by atoms with Crippen LogP contribution in [-0.4, -0.2) is 37.4 Å². The number of carbonyl (C=O) groups is 3. The number of rotatable bonds is 5. The summed E-state index contributed by atoms with van der Waals surface area (Å²) in [6, 6.07) is 7.68. The van der Waals surface area contributed by atoms with Crippen molar-refractivity contribution in [1.29, 1.82) is 0 Å². The van der Waals surface area contributed by atoms with Crippen LogP contribution in [0.5, 0.6) is 5.75 Å². The number of allylic oxidation sites excluding steroid dienone is 4. The van der Waals surface area contributed by atoms with Crippen LogP contribution in [-0.2, 0) is 19.1 Å². The Morgan fingerprint density at radius 2 is 1.82 bits per heavy atom. The highest BCUT2D eigenvalue weighted by Crippen LogP contribution is 2.69. The van der Waals surface area contributed by atoms with Crippen LogP contribution < -0.4 is 4.74 Å². The lowest BCUT2D eigenvalue weighted by Gasteiger charge is -2.54. The number of fused-ring (bicyclic) bond motifs is 4. The summed E-state index contributed by atoms with van der Waals surface area (Å²) in [4.78, 5) is 37.6. The predicted molar refractivity (Wildman–Crippen MR) is 141 cm³/mol. The van der Waals surface area contributed by atoms with Gasteiger partial charge in [-0.15, -0.1) is 0 Å². The molecule has 0 aromatic heterocycles. The number of carbonyl (C=O) groups excluding carboxylic acids is 3. The molecule has 1 aromatic rings. The third kappa shape index (κ3) is 4.78. The second kappa shape index (κ2) is 10.2. The summed E-state index contributed by atoms with van der Waals surface area (Å²) < 4.78 is 50.8. The molecule has 2 saturated carbocycles. The lowest BCUT2D eigenvalue weighted by atomic mass is 9.48. The summed E-state index contributed by atoms with van der Waals surface area (Å²) in [5.41, 5.74) is 2.00. The molecule has 0 bridgehead atoms. The maximum Gasteiger partial charge on any atom is 0.457 e. The van der Waals surface area contributed by atoms with Gasteiger partial charge in [-0.2, -0.15) is 13.2 Å². The predicted octanol–water partition coefficient (Wildman–Crippen LogP) is 6.28. The summed E-state index contributed by atoms with van der Waals surface area (Å²) in [7, 11) is 1.58. The third-order valence-corrected chi connectivity index (χ3v) is 9.75. The van der Waals surface area contributed by atoms with Gasteiger partial charge in [-0.3, -0.25) is 14.4 Å². The van der Waals surface area contributed by atoms with Gasteiger partial charge >= 0.3 is 12.1 Å². The summed E-state index contributed by atoms with van der Waals surface area (Å²) >= 11 is 0. The number of alkyl halides is 3. The Morgan fingerprint density at radius 1 is 1.10 bits per heavy atom. The quantitative estimate of drug-likeness (QED) is 0.317. The molecule has 0 aliphatic heterocycles. The number of ketones is 2. The first-order valence-electron chi connectivity index (χ1n) is 13.8. The Morgan fingerprint density at radius 3 is 2.48 bits per heavy atom. The molecule has 5 nitrogen and oxygen atoms in total. The lowest BCUT2D eigenvalue weighted by Crippen LogP contribution is -2.51. The number of benzene rings is 1. The van der Waals surface area contributed by atoms with Crippen LogP contribution in [0, 0.1) is 34.5 Å². The van der Waals surface area contributed by atoms with Crippen molar-refractivity contribution in [2.75, 3.05) is 13.7 Å². The molecule has 4 aliphatic rings. The monoisotopic (exact) mass is 554 g/mol. The molecular formula is C32H33F3O5. The van der Waals surface area contributed by atoms with Crippen LogP contribution >= 0.6 is 0 Å². The lowest BCUT2D eigenvalue weighted by molar-refractivity contribution is -0.150. The number of esters is 1. The van der Waals surface area contributed by atoms with Gasteiger partial charge in [-0.25, -0.2) is 0 Å². The third-order valence-electron chi connectivity index (χ3n) is 9.75.